The van der Waals surface area contributed by atoms with E-state index in [9.17, 15) is 14.7 Å². The van der Waals surface area contributed by atoms with E-state index < -0.39 is 24.2 Å². The van der Waals surface area contributed by atoms with Crippen LogP contribution in [0.5, 0.6) is 0 Å². The van der Waals surface area contributed by atoms with E-state index in [1.165, 1.54) is 0 Å². The SMILES string of the molecule is CCO[C@@H](C)[C@@H](NC(=O)OCC1c2ccccc2-c2ccccc21)C(=O)O. The molecule has 6 nitrogen and oxygen atoms in total. The van der Waals surface area contributed by atoms with Gasteiger partial charge >= 0.3 is 12.1 Å². The molecule has 3 rings (SSSR count). The Balaban J connectivity index is 1.69. The summed E-state index contributed by atoms with van der Waals surface area (Å²) in [7, 11) is 0. The van der Waals surface area contributed by atoms with Crippen molar-refractivity contribution in [1.29, 1.82) is 0 Å². The van der Waals surface area contributed by atoms with Gasteiger partial charge in [0.25, 0.3) is 0 Å². The van der Waals surface area contributed by atoms with Crippen LogP contribution in [0.2, 0.25) is 0 Å². The maximum Gasteiger partial charge on any atom is 0.407 e. The number of carboxylic acid groups (broad SMARTS) is 1. The van der Waals surface area contributed by atoms with Crippen molar-refractivity contribution in [3.05, 3.63) is 59.7 Å². The minimum absolute atomic E-state index is 0.0734. The molecule has 142 valence electrons. The lowest BCUT2D eigenvalue weighted by molar-refractivity contribution is -0.143. The second-order valence-corrected chi connectivity index (χ2v) is 6.45. The number of carbonyl (C=O) groups is 2. The molecular weight excluding hydrogens is 346 g/mol. The highest BCUT2D eigenvalue weighted by Crippen LogP contribution is 2.44. The number of amides is 1. The fourth-order valence-corrected chi connectivity index (χ4v) is 3.51. The summed E-state index contributed by atoms with van der Waals surface area (Å²) in [5.41, 5.74) is 4.47. The van der Waals surface area contributed by atoms with Crippen LogP contribution in [0.4, 0.5) is 4.79 Å². The lowest BCUT2D eigenvalue weighted by Crippen LogP contribution is -2.49. The Kier molecular flexibility index (Phi) is 5.76. The van der Waals surface area contributed by atoms with E-state index in [4.69, 9.17) is 9.47 Å². The van der Waals surface area contributed by atoms with Gasteiger partial charge in [-0.25, -0.2) is 9.59 Å². The molecule has 1 amide bonds. The maximum absolute atomic E-state index is 12.2. The van der Waals surface area contributed by atoms with Gasteiger partial charge in [-0.2, -0.15) is 0 Å². The summed E-state index contributed by atoms with van der Waals surface area (Å²) in [6, 6.07) is 14.9. The molecule has 0 radical (unpaired) electrons. The van der Waals surface area contributed by atoms with Gasteiger partial charge in [-0.05, 0) is 36.1 Å². The fourth-order valence-electron chi connectivity index (χ4n) is 3.51. The highest BCUT2D eigenvalue weighted by Gasteiger charge is 2.31. The van der Waals surface area contributed by atoms with Gasteiger partial charge in [-0.3, -0.25) is 0 Å². The number of hydrogen-bond donors (Lipinski definition) is 2. The van der Waals surface area contributed by atoms with Gasteiger partial charge in [0.2, 0.25) is 0 Å². The van der Waals surface area contributed by atoms with E-state index in [-0.39, 0.29) is 12.5 Å². The van der Waals surface area contributed by atoms with Crippen molar-refractivity contribution in [3.63, 3.8) is 0 Å². The minimum atomic E-state index is -1.17. The zero-order valence-electron chi connectivity index (χ0n) is 15.3. The van der Waals surface area contributed by atoms with Crippen molar-refractivity contribution in [2.24, 2.45) is 0 Å². The molecule has 0 spiro atoms. The summed E-state index contributed by atoms with van der Waals surface area (Å²) >= 11 is 0. The van der Waals surface area contributed by atoms with Crippen LogP contribution in [-0.4, -0.2) is 42.5 Å². The van der Waals surface area contributed by atoms with Crippen molar-refractivity contribution in [3.8, 4) is 11.1 Å². The summed E-state index contributed by atoms with van der Waals surface area (Å²) < 4.78 is 10.7. The molecule has 6 heteroatoms. The molecule has 0 heterocycles. The third-order valence-electron chi connectivity index (χ3n) is 4.78. The first-order chi connectivity index (χ1) is 13.0. The number of nitrogens with one attached hydrogen (secondary N) is 1. The van der Waals surface area contributed by atoms with Crippen LogP contribution >= 0.6 is 0 Å². The molecule has 1 aliphatic carbocycles. The van der Waals surface area contributed by atoms with Crippen LogP contribution in [0.25, 0.3) is 11.1 Å². The Bertz CT molecular complexity index is 789. The predicted octanol–water partition coefficient (Wildman–Crippen LogP) is 3.40. The quantitative estimate of drug-likeness (QED) is 0.781. The van der Waals surface area contributed by atoms with E-state index >= 15 is 0 Å². The molecule has 2 aromatic carbocycles. The third-order valence-corrected chi connectivity index (χ3v) is 4.78. The van der Waals surface area contributed by atoms with Crippen LogP contribution in [0.15, 0.2) is 48.5 Å². The number of benzene rings is 2. The standard InChI is InChI=1S/C21H23NO5/c1-3-26-13(2)19(20(23)24)22-21(25)27-12-18-16-10-6-4-8-14(16)15-9-5-7-11-17(15)18/h4-11,13,18-19H,3,12H2,1-2H3,(H,22,25)(H,23,24)/t13-,19+/m0/s1. The smallest absolute Gasteiger partial charge is 0.407 e. The van der Waals surface area contributed by atoms with E-state index in [1.54, 1.807) is 13.8 Å². The van der Waals surface area contributed by atoms with Gasteiger partial charge in [0.05, 0.1) is 6.10 Å². The molecule has 0 saturated carbocycles. The summed E-state index contributed by atoms with van der Waals surface area (Å²) in [6.45, 7) is 3.86. The first kappa shape index (κ1) is 18.9. The number of aliphatic carboxylic acids is 1. The van der Waals surface area contributed by atoms with Gasteiger partial charge in [-0.15, -0.1) is 0 Å². The molecule has 0 fully saturated rings. The normalized spacial score (nSPS) is 14.7. The van der Waals surface area contributed by atoms with E-state index in [0.29, 0.717) is 6.61 Å². The van der Waals surface area contributed by atoms with Gasteiger partial charge in [0.1, 0.15) is 6.61 Å². The molecule has 2 atom stereocenters. The number of hydrogen-bond acceptors (Lipinski definition) is 4. The van der Waals surface area contributed by atoms with E-state index in [1.807, 2.05) is 36.4 Å². The lowest BCUT2D eigenvalue weighted by Gasteiger charge is -2.21. The Hall–Kier alpha value is -2.86. The van der Waals surface area contributed by atoms with Gasteiger partial charge < -0.3 is 19.9 Å². The van der Waals surface area contributed by atoms with Crippen molar-refractivity contribution in [2.75, 3.05) is 13.2 Å². The third kappa shape index (κ3) is 3.95. The highest BCUT2D eigenvalue weighted by atomic mass is 16.6. The minimum Gasteiger partial charge on any atom is -0.480 e. The fraction of sp³-hybridized carbons (Fsp3) is 0.333. The van der Waals surface area contributed by atoms with Crippen molar-refractivity contribution in [1.82, 2.24) is 5.32 Å². The average Bonchev–Trinajstić information content (AvgIpc) is 2.98. The van der Waals surface area contributed by atoms with Gasteiger partial charge in [0.15, 0.2) is 6.04 Å². The average molecular weight is 369 g/mol. The molecule has 2 aromatic rings. The van der Waals surface area contributed by atoms with Crippen LogP contribution in [0, 0.1) is 0 Å². The Morgan fingerprint density at radius 2 is 1.63 bits per heavy atom. The summed E-state index contributed by atoms with van der Waals surface area (Å²) in [4.78, 5) is 23.6. The van der Waals surface area contributed by atoms with Crippen LogP contribution in [0.1, 0.15) is 30.9 Å². The molecular formula is C21H23NO5. The van der Waals surface area contributed by atoms with Crippen LogP contribution in [0.3, 0.4) is 0 Å². The molecule has 1 aliphatic rings. The summed E-state index contributed by atoms with van der Waals surface area (Å²) in [5.74, 6) is -1.24. The second-order valence-electron chi connectivity index (χ2n) is 6.45. The number of fused-ring (bicyclic) bond motifs is 3. The molecule has 0 aromatic heterocycles. The van der Waals surface area contributed by atoms with Crippen molar-refractivity contribution in [2.45, 2.75) is 31.9 Å². The van der Waals surface area contributed by atoms with E-state index in [0.717, 1.165) is 22.3 Å². The molecule has 0 bridgehead atoms. The Labute approximate surface area is 158 Å². The molecule has 0 aliphatic heterocycles. The zero-order valence-corrected chi connectivity index (χ0v) is 15.3. The maximum atomic E-state index is 12.2. The number of ether oxygens (including phenoxy) is 2. The molecule has 0 saturated heterocycles. The zero-order chi connectivity index (χ0) is 19.4. The first-order valence-corrected chi connectivity index (χ1v) is 8.98. The van der Waals surface area contributed by atoms with Crippen molar-refractivity contribution < 1.29 is 24.2 Å². The largest absolute Gasteiger partial charge is 0.480 e. The van der Waals surface area contributed by atoms with E-state index in [2.05, 4.69) is 17.4 Å². The second kappa shape index (κ2) is 8.22. The van der Waals surface area contributed by atoms with Gasteiger partial charge in [-0.1, -0.05) is 48.5 Å². The topological polar surface area (TPSA) is 84.9 Å². The summed E-state index contributed by atoms with van der Waals surface area (Å²) in [6.07, 6.45) is -1.43. The number of rotatable bonds is 7. The van der Waals surface area contributed by atoms with Crippen LogP contribution < -0.4 is 5.32 Å². The Morgan fingerprint density at radius 1 is 1.07 bits per heavy atom. The van der Waals surface area contributed by atoms with Gasteiger partial charge in [0, 0.05) is 12.5 Å². The molecule has 0 unspecified atom stereocenters. The molecule has 27 heavy (non-hydrogen) atoms. The van der Waals surface area contributed by atoms with Crippen LogP contribution in [-0.2, 0) is 14.3 Å². The monoisotopic (exact) mass is 369 g/mol. The first-order valence-electron chi connectivity index (χ1n) is 8.98. The van der Waals surface area contributed by atoms with Crippen molar-refractivity contribution >= 4 is 12.1 Å². The number of alkyl carbamates (subject to hydrolysis) is 1. The molecule has 2 N–H and O–H groups in total. The number of carbonyl (C=O) groups excluding carboxylic acids is 1. The summed E-state index contributed by atoms with van der Waals surface area (Å²) in [5, 5.41) is 11.7. The lowest BCUT2D eigenvalue weighted by atomic mass is 9.98. The predicted molar refractivity (Wildman–Crippen MR) is 101 cm³/mol. The Morgan fingerprint density at radius 3 is 2.15 bits per heavy atom. The highest BCUT2D eigenvalue weighted by molar-refractivity contribution is 5.81. The number of carboxylic acids is 1.